The highest BCUT2D eigenvalue weighted by Crippen LogP contribution is 2.28. The minimum Gasteiger partial charge on any atom is -0.383 e. The molecule has 18 heavy (non-hydrogen) atoms. The molecule has 0 aromatic heterocycles. The summed E-state index contributed by atoms with van der Waals surface area (Å²) in [5.74, 6) is 1.94. The van der Waals surface area contributed by atoms with Crippen molar-refractivity contribution in [2.24, 2.45) is 23.5 Å². The summed E-state index contributed by atoms with van der Waals surface area (Å²) < 4.78 is 5.24. The van der Waals surface area contributed by atoms with Crippen molar-refractivity contribution in [1.29, 1.82) is 0 Å². The Morgan fingerprint density at radius 1 is 1.00 bits per heavy atom. The van der Waals surface area contributed by atoms with Crippen molar-refractivity contribution in [3.8, 4) is 0 Å². The average molecular weight is 258 g/mol. The highest BCUT2D eigenvalue weighted by molar-refractivity contribution is 4.85. The lowest BCUT2D eigenvalue weighted by Gasteiger charge is -2.42. The van der Waals surface area contributed by atoms with E-state index >= 15 is 0 Å². The maximum absolute atomic E-state index is 6.08. The molecule has 110 valence electrons. The van der Waals surface area contributed by atoms with Crippen molar-refractivity contribution >= 4 is 0 Å². The summed E-state index contributed by atoms with van der Waals surface area (Å²) in [7, 11) is 1.76. The van der Waals surface area contributed by atoms with Crippen molar-refractivity contribution in [3.05, 3.63) is 0 Å². The summed E-state index contributed by atoms with van der Waals surface area (Å²) in [5, 5.41) is 0. The van der Waals surface area contributed by atoms with Crippen LogP contribution in [-0.2, 0) is 4.74 Å². The molecule has 3 nitrogen and oxygen atoms in total. The molecule has 0 heterocycles. The number of rotatable bonds is 9. The smallest absolute Gasteiger partial charge is 0.0589 e. The van der Waals surface area contributed by atoms with E-state index in [1.165, 1.54) is 0 Å². The Balaban J connectivity index is 4.95. The molecule has 0 bridgehead atoms. The van der Waals surface area contributed by atoms with E-state index in [0.29, 0.717) is 29.8 Å². The molecule has 1 unspecified atom stereocenters. The Labute approximate surface area is 114 Å². The second-order valence-corrected chi connectivity index (χ2v) is 6.19. The summed E-state index contributed by atoms with van der Waals surface area (Å²) in [5.41, 5.74) is 6.08. The summed E-state index contributed by atoms with van der Waals surface area (Å²) in [4.78, 5) is 2.51. The standard InChI is InChI=1S/C15H34N2O/c1-11(2)15(12(3)4)14(10-16)17(13(5)6)8-9-18-7/h11-15H,8-10,16H2,1-7H3. The van der Waals surface area contributed by atoms with Crippen LogP contribution in [0, 0.1) is 17.8 Å². The van der Waals surface area contributed by atoms with Crippen molar-refractivity contribution in [3.63, 3.8) is 0 Å². The van der Waals surface area contributed by atoms with Gasteiger partial charge in [-0.05, 0) is 31.6 Å². The molecule has 0 spiro atoms. The fourth-order valence-electron chi connectivity index (χ4n) is 3.18. The largest absolute Gasteiger partial charge is 0.383 e. The van der Waals surface area contributed by atoms with Crippen LogP contribution in [0.2, 0.25) is 0 Å². The maximum atomic E-state index is 6.08. The van der Waals surface area contributed by atoms with Crippen LogP contribution in [0.25, 0.3) is 0 Å². The van der Waals surface area contributed by atoms with Gasteiger partial charge in [-0.1, -0.05) is 27.7 Å². The molecule has 0 rings (SSSR count). The zero-order valence-electron chi connectivity index (χ0n) is 13.4. The minimum absolute atomic E-state index is 0.445. The van der Waals surface area contributed by atoms with Crippen LogP contribution in [0.5, 0.6) is 0 Å². The van der Waals surface area contributed by atoms with Gasteiger partial charge in [0.15, 0.2) is 0 Å². The third-order valence-corrected chi connectivity index (χ3v) is 3.87. The number of nitrogens with two attached hydrogens (primary N) is 1. The summed E-state index contributed by atoms with van der Waals surface area (Å²) >= 11 is 0. The molecule has 0 aliphatic carbocycles. The predicted octanol–water partition coefficient (Wildman–Crippen LogP) is 2.60. The molecule has 3 heteroatoms. The highest BCUT2D eigenvalue weighted by atomic mass is 16.5. The predicted molar refractivity (Wildman–Crippen MR) is 79.7 cm³/mol. The first kappa shape index (κ1) is 17.9. The molecule has 1 atom stereocenters. The van der Waals surface area contributed by atoms with E-state index < -0.39 is 0 Å². The Bertz CT molecular complexity index is 197. The highest BCUT2D eigenvalue weighted by Gasteiger charge is 2.31. The molecule has 0 saturated heterocycles. The van der Waals surface area contributed by atoms with E-state index in [9.17, 15) is 0 Å². The fourth-order valence-corrected chi connectivity index (χ4v) is 3.18. The molecule has 0 aromatic rings. The van der Waals surface area contributed by atoms with Crippen molar-refractivity contribution in [2.75, 3.05) is 26.8 Å². The van der Waals surface area contributed by atoms with Crippen LogP contribution in [0.4, 0.5) is 0 Å². The van der Waals surface area contributed by atoms with E-state index in [0.717, 1.165) is 19.7 Å². The molecule has 2 N–H and O–H groups in total. The summed E-state index contributed by atoms with van der Waals surface area (Å²) in [6.07, 6.45) is 0. The number of ether oxygens (including phenoxy) is 1. The van der Waals surface area contributed by atoms with Gasteiger partial charge in [-0.15, -0.1) is 0 Å². The van der Waals surface area contributed by atoms with Crippen LogP contribution >= 0.6 is 0 Å². The van der Waals surface area contributed by atoms with E-state index in [4.69, 9.17) is 10.5 Å². The molecule has 0 saturated carbocycles. The first-order chi connectivity index (χ1) is 8.36. The lowest BCUT2D eigenvalue weighted by Crippen LogP contribution is -2.52. The monoisotopic (exact) mass is 258 g/mol. The zero-order chi connectivity index (χ0) is 14.3. The Kier molecular flexibility index (Phi) is 8.83. The number of nitrogens with zero attached hydrogens (tertiary/aromatic N) is 1. The first-order valence-corrected chi connectivity index (χ1v) is 7.31. The van der Waals surface area contributed by atoms with Crippen molar-refractivity contribution in [1.82, 2.24) is 4.90 Å². The molecule has 0 fully saturated rings. The topological polar surface area (TPSA) is 38.5 Å². The van der Waals surface area contributed by atoms with Crippen LogP contribution < -0.4 is 5.73 Å². The molecule has 0 amide bonds. The minimum atomic E-state index is 0.445. The Morgan fingerprint density at radius 3 is 1.78 bits per heavy atom. The lowest BCUT2D eigenvalue weighted by atomic mass is 9.78. The van der Waals surface area contributed by atoms with Gasteiger partial charge in [0.2, 0.25) is 0 Å². The van der Waals surface area contributed by atoms with Gasteiger partial charge in [-0.2, -0.15) is 0 Å². The van der Waals surface area contributed by atoms with E-state index in [-0.39, 0.29) is 0 Å². The Morgan fingerprint density at radius 2 is 1.50 bits per heavy atom. The average Bonchev–Trinajstić information content (AvgIpc) is 2.26. The van der Waals surface area contributed by atoms with E-state index in [1.807, 2.05) is 0 Å². The summed E-state index contributed by atoms with van der Waals surface area (Å²) in [6.45, 7) is 16.2. The molecular formula is C15H34N2O. The lowest BCUT2D eigenvalue weighted by molar-refractivity contribution is 0.0432. The second kappa shape index (κ2) is 8.89. The van der Waals surface area contributed by atoms with Gasteiger partial charge in [0.1, 0.15) is 0 Å². The number of hydrogen-bond donors (Lipinski definition) is 1. The van der Waals surface area contributed by atoms with Gasteiger partial charge < -0.3 is 10.5 Å². The third-order valence-electron chi connectivity index (χ3n) is 3.87. The second-order valence-electron chi connectivity index (χ2n) is 6.19. The fraction of sp³-hybridized carbons (Fsp3) is 1.00. The van der Waals surface area contributed by atoms with Crippen molar-refractivity contribution < 1.29 is 4.74 Å². The molecule has 0 radical (unpaired) electrons. The van der Waals surface area contributed by atoms with Gasteiger partial charge in [0.25, 0.3) is 0 Å². The van der Waals surface area contributed by atoms with Crippen molar-refractivity contribution in [2.45, 2.75) is 53.6 Å². The van der Waals surface area contributed by atoms with Crippen LogP contribution in [0.1, 0.15) is 41.5 Å². The maximum Gasteiger partial charge on any atom is 0.0589 e. The summed E-state index contributed by atoms with van der Waals surface area (Å²) in [6, 6.07) is 0.953. The third kappa shape index (κ3) is 5.25. The van der Waals surface area contributed by atoms with Gasteiger partial charge >= 0.3 is 0 Å². The van der Waals surface area contributed by atoms with Crippen LogP contribution in [0.15, 0.2) is 0 Å². The molecule has 0 aliphatic heterocycles. The van der Waals surface area contributed by atoms with Gasteiger partial charge in [-0.25, -0.2) is 0 Å². The van der Waals surface area contributed by atoms with Gasteiger partial charge in [-0.3, -0.25) is 4.90 Å². The first-order valence-electron chi connectivity index (χ1n) is 7.31. The quantitative estimate of drug-likeness (QED) is 0.691. The van der Waals surface area contributed by atoms with E-state index in [1.54, 1.807) is 7.11 Å². The SMILES string of the molecule is COCCN(C(C)C)C(CN)C(C(C)C)C(C)C. The van der Waals surface area contributed by atoms with E-state index in [2.05, 4.69) is 46.4 Å². The van der Waals surface area contributed by atoms with Gasteiger partial charge in [0, 0.05) is 32.3 Å². The molecule has 0 aromatic carbocycles. The number of methoxy groups -OCH3 is 1. The normalized spacial score (nSPS) is 14.5. The zero-order valence-corrected chi connectivity index (χ0v) is 13.4. The Hall–Kier alpha value is -0.120. The van der Waals surface area contributed by atoms with Crippen LogP contribution in [-0.4, -0.2) is 43.8 Å². The van der Waals surface area contributed by atoms with Crippen LogP contribution in [0.3, 0.4) is 0 Å². The number of hydrogen-bond acceptors (Lipinski definition) is 3. The molecular weight excluding hydrogens is 224 g/mol. The van der Waals surface area contributed by atoms with Gasteiger partial charge in [0.05, 0.1) is 6.61 Å². The molecule has 0 aliphatic rings.